The van der Waals surface area contributed by atoms with E-state index in [4.69, 9.17) is 4.74 Å². The van der Waals surface area contributed by atoms with Gasteiger partial charge in [0.25, 0.3) is 5.69 Å². The Kier molecular flexibility index (Phi) is 3.92. The molecule has 6 nitrogen and oxygen atoms in total. The van der Waals surface area contributed by atoms with Crippen LogP contribution in [0.25, 0.3) is 0 Å². The molecule has 0 amide bonds. The zero-order valence-electron chi connectivity index (χ0n) is 10.4. The Balaban J connectivity index is 1.99. The lowest BCUT2D eigenvalue weighted by Crippen LogP contribution is -1.99. The van der Waals surface area contributed by atoms with Crippen LogP contribution in [0.2, 0.25) is 0 Å². The number of rotatable bonds is 5. The molecule has 1 aromatic heterocycles. The Labute approximate surface area is 110 Å². The fourth-order valence-electron chi connectivity index (χ4n) is 1.53. The molecule has 0 aliphatic carbocycles. The Morgan fingerprint density at radius 1 is 1.32 bits per heavy atom. The van der Waals surface area contributed by atoms with Crippen molar-refractivity contribution < 1.29 is 9.66 Å². The van der Waals surface area contributed by atoms with Crippen molar-refractivity contribution >= 4 is 11.4 Å². The number of nitro groups is 1. The highest BCUT2D eigenvalue weighted by Gasteiger charge is 2.04. The average Bonchev–Trinajstić information content (AvgIpc) is 2.46. The van der Waals surface area contributed by atoms with E-state index in [0.717, 1.165) is 11.4 Å². The van der Waals surface area contributed by atoms with Crippen LogP contribution in [0.1, 0.15) is 5.69 Å². The zero-order chi connectivity index (χ0) is 13.7. The largest absolute Gasteiger partial charge is 0.487 e. The number of anilines is 1. The average molecular weight is 259 g/mol. The summed E-state index contributed by atoms with van der Waals surface area (Å²) in [5.74, 6) is 0.572. The van der Waals surface area contributed by atoms with Crippen LogP contribution < -0.4 is 10.1 Å². The van der Waals surface area contributed by atoms with Gasteiger partial charge < -0.3 is 10.1 Å². The molecule has 0 radical (unpaired) electrons. The van der Waals surface area contributed by atoms with Crippen LogP contribution in [-0.2, 0) is 6.61 Å². The molecule has 0 spiro atoms. The molecule has 19 heavy (non-hydrogen) atoms. The summed E-state index contributed by atoms with van der Waals surface area (Å²) in [4.78, 5) is 14.2. The highest BCUT2D eigenvalue weighted by molar-refractivity contribution is 5.42. The van der Waals surface area contributed by atoms with Gasteiger partial charge in [0, 0.05) is 31.1 Å². The first kappa shape index (κ1) is 12.8. The van der Waals surface area contributed by atoms with E-state index < -0.39 is 4.92 Å². The standard InChI is InChI=1S/C13H13N3O3/c1-14-10-6-7-15-11(8-10)9-19-13-4-2-12(3-5-13)16(17)18/h2-8H,9H2,1H3,(H,14,15). The van der Waals surface area contributed by atoms with Gasteiger partial charge in [-0.25, -0.2) is 0 Å². The number of non-ortho nitro benzene ring substituents is 1. The van der Waals surface area contributed by atoms with E-state index in [-0.39, 0.29) is 5.69 Å². The van der Waals surface area contributed by atoms with Gasteiger partial charge in [-0.05, 0) is 24.3 Å². The van der Waals surface area contributed by atoms with Crippen LogP contribution >= 0.6 is 0 Å². The van der Waals surface area contributed by atoms with Crippen LogP contribution in [0.5, 0.6) is 5.75 Å². The molecule has 98 valence electrons. The minimum absolute atomic E-state index is 0.0441. The molecular weight excluding hydrogens is 246 g/mol. The second kappa shape index (κ2) is 5.81. The van der Waals surface area contributed by atoms with Gasteiger partial charge in [-0.1, -0.05) is 0 Å². The quantitative estimate of drug-likeness (QED) is 0.659. The van der Waals surface area contributed by atoms with Gasteiger partial charge in [-0.2, -0.15) is 0 Å². The smallest absolute Gasteiger partial charge is 0.269 e. The Bertz CT molecular complexity index is 570. The van der Waals surface area contributed by atoms with Gasteiger partial charge >= 0.3 is 0 Å². The molecule has 0 fully saturated rings. The molecule has 0 aliphatic rings. The van der Waals surface area contributed by atoms with E-state index in [9.17, 15) is 10.1 Å². The van der Waals surface area contributed by atoms with E-state index in [1.807, 2.05) is 19.2 Å². The second-order valence-electron chi connectivity index (χ2n) is 3.83. The maximum Gasteiger partial charge on any atom is 0.269 e. The van der Waals surface area contributed by atoms with Crippen LogP contribution in [0.4, 0.5) is 11.4 Å². The van der Waals surface area contributed by atoms with Gasteiger partial charge in [0.05, 0.1) is 10.6 Å². The molecule has 0 saturated heterocycles. The van der Waals surface area contributed by atoms with Crippen molar-refractivity contribution in [1.82, 2.24) is 4.98 Å². The molecule has 6 heteroatoms. The summed E-state index contributed by atoms with van der Waals surface area (Å²) >= 11 is 0. The number of hydrogen-bond acceptors (Lipinski definition) is 5. The van der Waals surface area contributed by atoms with Crippen LogP contribution in [0.15, 0.2) is 42.6 Å². The summed E-state index contributed by atoms with van der Waals surface area (Å²) in [7, 11) is 1.83. The van der Waals surface area contributed by atoms with E-state index in [0.29, 0.717) is 12.4 Å². The third-order valence-corrected chi connectivity index (χ3v) is 2.54. The number of pyridine rings is 1. The van der Waals surface area contributed by atoms with Crippen molar-refractivity contribution in [2.24, 2.45) is 0 Å². The maximum absolute atomic E-state index is 10.5. The number of nitro benzene ring substituents is 1. The number of ether oxygens (including phenoxy) is 1. The molecule has 1 aromatic carbocycles. The number of aromatic nitrogens is 1. The molecule has 2 rings (SSSR count). The summed E-state index contributed by atoms with van der Waals surface area (Å²) in [6, 6.07) is 9.69. The summed E-state index contributed by atoms with van der Waals surface area (Å²) in [6.45, 7) is 0.313. The molecular formula is C13H13N3O3. The van der Waals surface area contributed by atoms with Crippen LogP contribution in [0.3, 0.4) is 0 Å². The highest BCUT2D eigenvalue weighted by Crippen LogP contribution is 2.18. The fraction of sp³-hybridized carbons (Fsp3) is 0.154. The first-order chi connectivity index (χ1) is 9.19. The van der Waals surface area contributed by atoms with Gasteiger partial charge in [0.2, 0.25) is 0 Å². The molecule has 2 aromatic rings. The summed E-state index contributed by atoms with van der Waals surface area (Å²) in [5.41, 5.74) is 1.78. The van der Waals surface area contributed by atoms with Crippen molar-refractivity contribution in [2.45, 2.75) is 6.61 Å². The molecule has 0 bridgehead atoms. The molecule has 0 atom stereocenters. The number of hydrogen-bond donors (Lipinski definition) is 1. The zero-order valence-corrected chi connectivity index (χ0v) is 10.4. The molecule has 0 unspecified atom stereocenters. The van der Waals surface area contributed by atoms with E-state index in [1.54, 1.807) is 18.3 Å². The number of benzene rings is 1. The van der Waals surface area contributed by atoms with E-state index >= 15 is 0 Å². The molecule has 1 N–H and O–H groups in total. The van der Waals surface area contributed by atoms with Crippen LogP contribution in [-0.4, -0.2) is 17.0 Å². The second-order valence-corrected chi connectivity index (χ2v) is 3.83. The number of nitrogens with one attached hydrogen (secondary N) is 1. The molecule has 1 heterocycles. The monoisotopic (exact) mass is 259 g/mol. The van der Waals surface area contributed by atoms with Crippen molar-refractivity contribution in [3.63, 3.8) is 0 Å². The van der Waals surface area contributed by atoms with Gasteiger partial charge in [0.1, 0.15) is 12.4 Å². The van der Waals surface area contributed by atoms with Crippen molar-refractivity contribution in [3.8, 4) is 5.75 Å². The van der Waals surface area contributed by atoms with Crippen molar-refractivity contribution in [3.05, 3.63) is 58.4 Å². The molecule has 0 saturated carbocycles. The summed E-state index contributed by atoms with van der Waals surface area (Å²) in [6.07, 6.45) is 1.69. The summed E-state index contributed by atoms with van der Waals surface area (Å²) < 4.78 is 5.51. The highest BCUT2D eigenvalue weighted by atomic mass is 16.6. The minimum Gasteiger partial charge on any atom is -0.487 e. The molecule has 0 aliphatic heterocycles. The third-order valence-electron chi connectivity index (χ3n) is 2.54. The van der Waals surface area contributed by atoms with Gasteiger partial charge in [-0.3, -0.25) is 15.1 Å². The predicted octanol–water partition coefficient (Wildman–Crippen LogP) is 2.61. The lowest BCUT2D eigenvalue weighted by atomic mass is 10.3. The van der Waals surface area contributed by atoms with Gasteiger partial charge in [0.15, 0.2) is 0 Å². The SMILES string of the molecule is CNc1ccnc(COc2ccc([N+](=O)[O-])cc2)c1. The third kappa shape index (κ3) is 3.41. The van der Waals surface area contributed by atoms with Crippen molar-refractivity contribution in [2.75, 3.05) is 12.4 Å². The van der Waals surface area contributed by atoms with Crippen molar-refractivity contribution in [1.29, 1.82) is 0 Å². The van der Waals surface area contributed by atoms with E-state index in [1.165, 1.54) is 12.1 Å². The summed E-state index contributed by atoms with van der Waals surface area (Å²) in [5, 5.41) is 13.5. The lowest BCUT2D eigenvalue weighted by molar-refractivity contribution is -0.384. The van der Waals surface area contributed by atoms with Crippen LogP contribution in [0, 0.1) is 10.1 Å². The Morgan fingerprint density at radius 3 is 2.68 bits per heavy atom. The predicted molar refractivity (Wildman–Crippen MR) is 71.2 cm³/mol. The first-order valence-corrected chi connectivity index (χ1v) is 5.69. The Hall–Kier alpha value is -2.63. The number of nitrogens with zero attached hydrogens (tertiary/aromatic N) is 2. The first-order valence-electron chi connectivity index (χ1n) is 5.69. The van der Waals surface area contributed by atoms with E-state index in [2.05, 4.69) is 10.3 Å². The topological polar surface area (TPSA) is 77.3 Å². The maximum atomic E-state index is 10.5. The minimum atomic E-state index is -0.443. The Morgan fingerprint density at radius 2 is 2.05 bits per heavy atom. The lowest BCUT2D eigenvalue weighted by Gasteiger charge is -2.06. The fourth-order valence-corrected chi connectivity index (χ4v) is 1.53. The normalized spacial score (nSPS) is 9.95. The van der Waals surface area contributed by atoms with Gasteiger partial charge in [-0.15, -0.1) is 0 Å².